The Hall–Kier alpha value is -2.08. The Balaban J connectivity index is 2.83. The number of amides is 1. The summed E-state index contributed by atoms with van der Waals surface area (Å²) in [6, 6.07) is 6.86. The molecule has 0 aliphatic rings. The van der Waals surface area contributed by atoms with Crippen LogP contribution in [0.4, 0.5) is 4.79 Å². The summed E-state index contributed by atoms with van der Waals surface area (Å²) < 4.78 is 0. The van der Waals surface area contributed by atoms with Crippen LogP contribution in [0, 0.1) is 5.41 Å². The summed E-state index contributed by atoms with van der Waals surface area (Å²) in [6.45, 7) is 2.66. The lowest BCUT2D eigenvalue weighted by atomic mass is 10.1. The Morgan fingerprint density at radius 3 is 2.78 bits per heavy atom. The molecule has 6 heteroatoms. The maximum absolute atomic E-state index is 11.0. The minimum atomic E-state index is -0.961. The van der Waals surface area contributed by atoms with Gasteiger partial charge in [0.25, 0.3) is 0 Å². The second kappa shape index (κ2) is 6.61. The van der Waals surface area contributed by atoms with Gasteiger partial charge in [0.05, 0.1) is 0 Å². The van der Waals surface area contributed by atoms with Crippen LogP contribution >= 0.6 is 0 Å². The molecule has 4 N–H and O–H groups in total. The van der Waals surface area contributed by atoms with Gasteiger partial charge in [0.1, 0.15) is 5.84 Å². The van der Waals surface area contributed by atoms with E-state index < -0.39 is 6.09 Å². The molecule has 1 aromatic rings. The van der Waals surface area contributed by atoms with Crippen molar-refractivity contribution in [3.05, 3.63) is 35.4 Å². The summed E-state index contributed by atoms with van der Waals surface area (Å²) in [7, 11) is 0. The highest BCUT2D eigenvalue weighted by atomic mass is 16.5. The molecule has 0 aliphatic heterocycles. The smallest absolute Gasteiger partial charge is 0.407 e. The van der Waals surface area contributed by atoms with E-state index in [0.29, 0.717) is 12.1 Å². The fraction of sp³-hybridized carbons (Fsp3) is 0.333. The Kier molecular flexibility index (Phi) is 5.13. The number of nitrogens with one attached hydrogen (secondary N) is 2. The Morgan fingerprint density at radius 1 is 1.50 bits per heavy atom. The molecule has 0 bridgehead atoms. The van der Waals surface area contributed by atoms with Crippen LogP contribution in [0.5, 0.6) is 0 Å². The summed E-state index contributed by atoms with van der Waals surface area (Å²) in [5.74, 6) is -0.116. The predicted octanol–water partition coefficient (Wildman–Crippen LogP) is 1.88. The standard InChI is InChI=1S/C12H17N3O3/c1-2-6-15(12(16)17)8-9-4-3-5-10(7-9)11(13)14-18/h3-5,7,18H,2,6,8H2,1H3,(H2,13,14)(H,16,17). The maximum Gasteiger partial charge on any atom is 0.407 e. The minimum absolute atomic E-state index is 0.116. The Labute approximate surface area is 105 Å². The third-order valence-electron chi connectivity index (χ3n) is 2.46. The highest BCUT2D eigenvalue weighted by Crippen LogP contribution is 2.09. The summed E-state index contributed by atoms with van der Waals surface area (Å²) in [5, 5.41) is 25.1. The molecule has 1 aromatic carbocycles. The lowest BCUT2D eigenvalue weighted by Gasteiger charge is -2.18. The van der Waals surface area contributed by atoms with Crippen LogP contribution in [0.3, 0.4) is 0 Å². The molecular weight excluding hydrogens is 234 g/mol. The van der Waals surface area contributed by atoms with Crippen molar-refractivity contribution >= 4 is 11.9 Å². The van der Waals surface area contributed by atoms with Crippen molar-refractivity contribution in [2.45, 2.75) is 19.9 Å². The van der Waals surface area contributed by atoms with Gasteiger partial charge >= 0.3 is 6.09 Å². The van der Waals surface area contributed by atoms with Gasteiger partial charge in [-0.25, -0.2) is 4.79 Å². The van der Waals surface area contributed by atoms with E-state index in [2.05, 4.69) is 0 Å². The van der Waals surface area contributed by atoms with Gasteiger partial charge in [0, 0.05) is 18.7 Å². The third-order valence-corrected chi connectivity index (χ3v) is 2.46. The average molecular weight is 251 g/mol. The lowest BCUT2D eigenvalue weighted by Crippen LogP contribution is -2.29. The van der Waals surface area contributed by atoms with Gasteiger partial charge in [-0.15, -0.1) is 0 Å². The van der Waals surface area contributed by atoms with E-state index in [4.69, 9.17) is 15.7 Å². The molecule has 0 spiro atoms. The SMILES string of the molecule is CCCN(Cc1cccc(C(=N)NO)c1)C(=O)O. The fourth-order valence-corrected chi connectivity index (χ4v) is 1.62. The maximum atomic E-state index is 11.0. The number of hydrogen-bond donors (Lipinski definition) is 4. The molecule has 0 saturated heterocycles. The molecule has 1 rings (SSSR count). The first-order valence-corrected chi connectivity index (χ1v) is 5.64. The molecule has 0 aliphatic carbocycles. The zero-order valence-corrected chi connectivity index (χ0v) is 10.2. The van der Waals surface area contributed by atoms with Crippen LogP contribution in [0.15, 0.2) is 24.3 Å². The Bertz CT molecular complexity index is 434. The van der Waals surface area contributed by atoms with Crippen molar-refractivity contribution in [1.29, 1.82) is 5.41 Å². The van der Waals surface area contributed by atoms with Crippen LogP contribution in [0.25, 0.3) is 0 Å². The second-order valence-corrected chi connectivity index (χ2v) is 3.89. The minimum Gasteiger partial charge on any atom is -0.465 e. The number of benzene rings is 1. The largest absolute Gasteiger partial charge is 0.465 e. The number of amidine groups is 1. The Morgan fingerprint density at radius 2 is 2.22 bits per heavy atom. The van der Waals surface area contributed by atoms with Gasteiger partial charge in [-0.05, 0) is 18.1 Å². The third kappa shape index (κ3) is 3.74. The van der Waals surface area contributed by atoms with E-state index in [9.17, 15) is 4.79 Å². The first-order valence-electron chi connectivity index (χ1n) is 5.64. The van der Waals surface area contributed by atoms with Crippen LogP contribution in [0.2, 0.25) is 0 Å². The van der Waals surface area contributed by atoms with Gasteiger partial charge in [-0.2, -0.15) is 0 Å². The van der Waals surface area contributed by atoms with Crippen molar-refractivity contribution in [2.75, 3.05) is 6.54 Å². The number of rotatable bonds is 5. The normalized spacial score (nSPS) is 9.89. The highest BCUT2D eigenvalue weighted by molar-refractivity contribution is 5.95. The predicted molar refractivity (Wildman–Crippen MR) is 66.9 cm³/mol. The number of nitrogens with zero attached hydrogens (tertiary/aromatic N) is 1. The molecule has 0 saturated carbocycles. The van der Waals surface area contributed by atoms with Gasteiger partial charge in [0.15, 0.2) is 0 Å². The monoisotopic (exact) mass is 251 g/mol. The molecule has 0 atom stereocenters. The number of carboxylic acid groups (broad SMARTS) is 1. The molecule has 0 fully saturated rings. The van der Waals surface area contributed by atoms with Gasteiger partial charge in [-0.1, -0.05) is 25.1 Å². The molecule has 98 valence electrons. The topological polar surface area (TPSA) is 96.7 Å². The fourth-order valence-electron chi connectivity index (χ4n) is 1.62. The summed E-state index contributed by atoms with van der Waals surface area (Å²) in [6.07, 6.45) is -0.211. The van der Waals surface area contributed by atoms with E-state index in [1.165, 1.54) is 4.90 Å². The van der Waals surface area contributed by atoms with Gasteiger partial charge in [-0.3, -0.25) is 16.1 Å². The first kappa shape index (κ1) is 14.0. The average Bonchev–Trinajstić information content (AvgIpc) is 2.37. The quantitative estimate of drug-likeness (QED) is 0.365. The molecular formula is C12H17N3O3. The molecule has 0 aromatic heterocycles. The summed E-state index contributed by atoms with van der Waals surface area (Å²) in [4.78, 5) is 12.3. The first-order chi connectivity index (χ1) is 8.58. The van der Waals surface area contributed by atoms with Crippen LogP contribution in [0.1, 0.15) is 24.5 Å². The molecule has 0 heterocycles. The number of hydroxylamine groups is 1. The van der Waals surface area contributed by atoms with E-state index in [1.807, 2.05) is 6.92 Å². The van der Waals surface area contributed by atoms with Gasteiger partial charge < -0.3 is 10.0 Å². The molecule has 0 unspecified atom stereocenters. The zero-order valence-electron chi connectivity index (χ0n) is 10.2. The molecule has 0 radical (unpaired) electrons. The van der Waals surface area contributed by atoms with E-state index >= 15 is 0 Å². The van der Waals surface area contributed by atoms with Crippen LogP contribution in [-0.4, -0.2) is 33.7 Å². The highest BCUT2D eigenvalue weighted by Gasteiger charge is 2.11. The van der Waals surface area contributed by atoms with E-state index in [0.717, 1.165) is 12.0 Å². The zero-order chi connectivity index (χ0) is 13.5. The van der Waals surface area contributed by atoms with Crippen molar-refractivity contribution < 1.29 is 15.1 Å². The van der Waals surface area contributed by atoms with E-state index in [-0.39, 0.29) is 12.4 Å². The second-order valence-electron chi connectivity index (χ2n) is 3.89. The van der Waals surface area contributed by atoms with Gasteiger partial charge in [0.2, 0.25) is 0 Å². The van der Waals surface area contributed by atoms with E-state index in [1.54, 1.807) is 29.7 Å². The summed E-state index contributed by atoms with van der Waals surface area (Å²) >= 11 is 0. The molecule has 18 heavy (non-hydrogen) atoms. The van der Waals surface area contributed by atoms with Crippen LogP contribution < -0.4 is 5.48 Å². The molecule has 6 nitrogen and oxygen atoms in total. The number of carbonyl (C=O) groups is 1. The number of hydrogen-bond acceptors (Lipinski definition) is 3. The van der Waals surface area contributed by atoms with Crippen molar-refractivity contribution in [1.82, 2.24) is 10.4 Å². The summed E-state index contributed by atoms with van der Waals surface area (Å²) in [5.41, 5.74) is 3.05. The van der Waals surface area contributed by atoms with Crippen molar-refractivity contribution in [3.8, 4) is 0 Å². The van der Waals surface area contributed by atoms with Crippen molar-refractivity contribution in [2.24, 2.45) is 0 Å². The molecule has 1 amide bonds. The van der Waals surface area contributed by atoms with Crippen molar-refractivity contribution in [3.63, 3.8) is 0 Å². The lowest BCUT2D eigenvalue weighted by molar-refractivity contribution is 0.142. The van der Waals surface area contributed by atoms with Crippen LogP contribution in [-0.2, 0) is 6.54 Å².